The fourth-order valence-electron chi connectivity index (χ4n) is 1.42. The molecule has 1 rings (SSSR count). The van der Waals surface area contributed by atoms with Crippen LogP contribution in [0.1, 0.15) is 12.8 Å². The van der Waals surface area contributed by atoms with Gasteiger partial charge in [0.2, 0.25) is 0 Å². The molecule has 1 fully saturated rings. The molecule has 1 aliphatic heterocycles. The van der Waals surface area contributed by atoms with Crippen LogP contribution >= 0.6 is 0 Å². The zero-order valence-corrected chi connectivity index (χ0v) is 6.99. The van der Waals surface area contributed by atoms with E-state index in [9.17, 15) is 4.79 Å². The van der Waals surface area contributed by atoms with Crippen LogP contribution in [0.25, 0.3) is 0 Å². The Morgan fingerprint density at radius 3 is 2.58 bits per heavy atom. The third-order valence-electron chi connectivity index (χ3n) is 2.20. The molecular weight excluding hydrogens is 158 g/mol. The van der Waals surface area contributed by atoms with E-state index >= 15 is 0 Å². The fraction of sp³-hybridized carbons (Fsp3) is 0.857. The van der Waals surface area contributed by atoms with Crippen molar-refractivity contribution in [2.45, 2.75) is 12.8 Å². The number of amides is 1. The Morgan fingerprint density at radius 1 is 1.58 bits per heavy atom. The number of nitrogens with two attached hydrogens (primary N) is 1. The lowest BCUT2D eigenvalue weighted by atomic mass is 9.98. The standard InChI is InChI=1S/C7H15N3O2/c8-5-6-1-3-10(4-2-6)9-7(11)12/h6,9H,1-5,8H2,(H,11,12). The predicted octanol–water partition coefficient (Wildman–Crippen LogP) is -0.160. The highest BCUT2D eigenvalue weighted by molar-refractivity contribution is 5.63. The van der Waals surface area contributed by atoms with Crippen molar-refractivity contribution in [1.82, 2.24) is 10.4 Å². The monoisotopic (exact) mass is 173 g/mol. The van der Waals surface area contributed by atoms with Gasteiger partial charge in [-0.1, -0.05) is 0 Å². The van der Waals surface area contributed by atoms with E-state index in [2.05, 4.69) is 5.43 Å². The zero-order valence-electron chi connectivity index (χ0n) is 6.99. The van der Waals surface area contributed by atoms with Gasteiger partial charge in [0, 0.05) is 13.1 Å². The molecule has 0 aromatic rings. The van der Waals surface area contributed by atoms with E-state index in [1.54, 1.807) is 5.01 Å². The number of rotatable bonds is 2. The Morgan fingerprint density at radius 2 is 2.17 bits per heavy atom. The van der Waals surface area contributed by atoms with Gasteiger partial charge in [-0.05, 0) is 25.3 Å². The molecule has 0 saturated carbocycles. The number of nitrogens with one attached hydrogen (secondary N) is 1. The second-order valence-corrected chi connectivity index (χ2v) is 3.08. The molecule has 0 unspecified atom stereocenters. The first kappa shape index (κ1) is 9.28. The number of carbonyl (C=O) groups is 1. The Labute approximate surface area is 71.5 Å². The molecule has 0 spiro atoms. The van der Waals surface area contributed by atoms with Gasteiger partial charge in [-0.25, -0.2) is 9.80 Å². The molecule has 70 valence electrons. The summed E-state index contributed by atoms with van der Waals surface area (Å²) in [7, 11) is 0. The molecule has 1 amide bonds. The van der Waals surface area contributed by atoms with Crippen molar-refractivity contribution in [3.8, 4) is 0 Å². The smallest absolute Gasteiger partial charge is 0.419 e. The van der Waals surface area contributed by atoms with Gasteiger partial charge in [0.25, 0.3) is 0 Å². The summed E-state index contributed by atoms with van der Waals surface area (Å²) in [5, 5.41) is 10.1. The van der Waals surface area contributed by atoms with Crippen molar-refractivity contribution >= 4 is 6.09 Å². The highest BCUT2D eigenvalue weighted by atomic mass is 16.4. The van der Waals surface area contributed by atoms with Gasteiger partial charge in [-0.3, -0.25) is 5.43 Å². The molecule has 0 radical (unpaired) electrons. The van der Waals surface area contributed by atoms with Crippen molar-refractivity contribution in [2.75, 3.05) is 19.6 Å². The first-order chi connectivity index (χ1) is 5.72. The number of nitrogens with zero attached hydrogens (tertiary/aromatic N) is 1. The van der Waals surface area contributed by atoms with Crippen LogP contribution in [0, 0.1) is 5.92 Å². The van der Waals surface area contributed by atoms with Gasteiger partial charge in [-0.2, -0.15) is 0 Å². The molecular formula is C7H15N3O2. The minimum absolute atomic E-state index is 0.567. The van der Waals surface area contributed by atoms with Gasteiger partial charge in [0.05, 0.1) is 0 Å². The number of hydrogen-bond acceptors (Lipinski definition) is 3. The number of carboxylic acid groups (broad SMARTS) is 1. The van der Waals surface area contributed by atoms with Crippen LogP contribution in [0.15, 0.2) is 0 Å². The van der Waals surface area contributed by atoms with Crippen molar-refractivity contribution < 1.29 is 9.90 Å². The van der Waals surface area contributed by atoms with Crippen LogP contribution in [-0.4, -0.2) is 35.8 Å². The summed E-state index contributed by atoms with van der Waals surface area (Å²) >= 11 is 0. The van der Waals surface area contributed by atoms with E-state index in [0.29, 0.717) is 12.5 Å². The van der Waals surface area contributed by atoms with Gasteiger partial charge >= 0.3 is 6.09 Å². The maximum atomic E-state index is 10.2. The largest absolute Gasteiger partial charge is 0.464 e. The summed E-state index contributed by atoms with van der Waals surface area (Å²) in [6, 6.07) is 0. The molecule has 4 N–H and O–H groups in total. The Balaban J connectivity index is 2.21. The molecule has 12 heavy (non-hydrogen) atoms. The van der Waals surface area contributed by atoms with Gasteiger partial charge < -0.3 is 10.8 Å². The van der Waals surface area contributed by atoms with Crippen molar-refractivity contribution in [3.05, 3.63) is 0 Å². The minimum Gasteiger partial charge on any atom is -0.464 e. The van der Waals surface area contributed by atoms with Gasteiger partial charge in [0.15, 0.2) is 0 Å². The van der Waals surface area contributed by atoms with Gasteiger partial charge in [-0.15, -0.1) is 0 Å². The molecule has 5 nitrogen and oxygen atoms in total. The summed E-state index contributed by atoms with van der Waals surface area (Å²) in [6.07, 6.45) is 0.981. The maximum Gasteiger partial charge on any atom is 0.419 e. The topological polar surface area (TPSA) is 78.6 Å². The van der Waals surface area contributed by atoms with Gasteiger partial charge in [0.1, 0.15) is 0 Å². The van der Waals surface area contributed by atoms with Crippen LogP contribution in [0.5, 0.6) is 0 Å². The van der Waals surface area contributed by atoms with E-state index in [1.165, 1.54) is 0 Å². The molecule has 0 bridgehead atoms. The summed E-state index contributed by atoms with van der Waals surface area (Å²) in [5.74, 6) is 0.567. The Hall–Kier alpha value is -0.810. The lowest BCUT2D eigenvalue weighted by molar-refractivity contribution is 0.109. The lowest BCUT2D eigenvalue weighted by Crippen LogP contribution is -2.46. The first-order valence-corrected chi connectivity index (χ1v) is 4.17. The summed E-state index contributed by atoms with van der Waals surface area (Å²) < 4.78 is 0. The van der Waals surface area contributed by atoms with Crippen molar-refractivity contribution in [1.29, 1.82) is 0 Å². The predicted molar refractivity (Wildman–Crippen MR) is 44.5 cm³/mol. The van der Waals surface area contributed by atoms with Crippen molar-refractivity contribution in [2.24, 2.45) is 11.7 Å². The molecule has 0 atom stereocenters. The van der Waals surface area contributed by atoms with E-state index in [1.807, 2.05) is 0 Å². The SMILES string of the molecule is NCC1CCN(NC(=O)O)CC1. The van der Waals surface area contributed by atoms with Crippen molar-refractivity contribution in [3.63, 3.8) is 0 Å². The molecule has 0 aliphatic carbocycles. The zero-order chi connectivity index (χ0) is 8.97. The third-order valence-corrected chi connectivity index (χ3v) is 2.20. The number of hydrazine groups is 1. The van der Waals surface area contributed by atoms with E-state index in [0.717, 1.165) is 25.9 Å². The summed E-state index contributed by atoms with van der Waals surface area (Å²) in [4.78, 5) is 10.2. The van der Waals surface area contributed by atoms with Crippen LogP contribution in [-0.2, 0) is 0 Å². The third kappa shape index (κ3) is 2.67. The molecule has 0 aromatic carbocycles. The highest BCUT2D eigenvalue weighted by Gasteiger charge is 2.18. The normalized spacial score (nSPS) is 20.8. The molecule has 1 heterocycles. The fourth-order valence-corrected chi connectivity index (χ4v) is 1.42. The number of hydrogen-bond donors (Lipinski definition) is 3. The van der Waals surface area contributed by atoms with E-state index < -0.39 is 6.09 Å². The average Bonchev–Trinajstić information content (AvgIpc) is 2.05. The molecule has 1 saturated heterocycles. The maximum absolute atomic E-state index is 10.2. The first-order valence-electron chi connectivity index (χ1n) is 4.17. The molecule has 1 aliphatic rings. The molecule has 5 heteroatoms. The van der Waals surface area contributed by atoms with E-state index in [4.69, 9.17) is 10.8 Å². The summed E-state index contributed by atoms with van der Waals surface area (Å²) in [5.41, 5.74) is 7.83. The Bertz CT molecular complexity index is 155. The number of piperidine rings is 1. The summed E-state index contributed by atoms with van der Waals surface area (Å²) in [6.45, 7) is 2.25. The second kappa shape index (κ2) is 4.27. The van der Waals surface area contributed by atoms with Crippen LogP contribution in [0.2, 0.25) is 0 Å². The molecule has 0 aromatic heterocycles. The average molecular weight is 173 g/mol. The second-order valence-electron chi connectivity index (χ2n) is 3.08. The van der Waals surface area contributed by atoms with Crippen LogP contribution < -0.4 is 11.2 Å². The van der Waals surface area contributed by atoms with Crippen LogP contribution in [0.4, 0.5) is 4.79 Å². The minimum atomic E-state index is -0.985. The highest BCUT2D eigenvalue weighted by Crippen LogP contribution is 2.13. The van der Waals surface area contributed by atoms with E-state index in [-0.39, 0.29) is 0 Å². The quantitative estimate of drug-likeness (QED) is 0.542. The lowest BCUT2D eigenvalue weighted by Gasteiger charge is -2.30. The van der Waals surface area contributed by atoms with Crippen LogP contribution in [0.3, 0.4) is 0 Å². The Kier molecular flexibility index (Phi) is 3.31.